The molecular formula is C17H19Cl2N3O4. The molecule has 26 heavy (non-hydrogen) atoms. The van der Waals surface area contributed by atoms with E-state index < -0.39 is 4.92 Å². The molecule has 0 radical (unpaired) electrons. The molecule has 0 bridgehead atoms. The van der Waals surface area contributed by atoms with Crippen molar-refractivity contribution >= 4 is 34.6 Å². The predicted molar refractivity (Wildman–Crippen MR) is 103 cm³/mol. The van der Waals surface area contributed by atoms with Gasteiger partial charge >= 0.3 is 0 Å². The Balaban J connectivity index is 1.84. The summed E-state index contributed by atoms with van der Waals surface area (Å²) in [4.78, 5) is 10.2. The highest BCUT2D eigenvalue weighted by molar-refractivity contribution is 6.33. The summed E-state index contributed by atoms with van der Waals surface area (Å²) in [6.45, 7) is 1.84. The number of ether oxygens (including phenoxy) is 2. The first-order chi connectivity index (χ1) is 12.5. The smallest absolute Gasteiger partial charge is 0.271 e. The lowest BCUT2D eigenvalue weighted by molar-refractivity contribution is -0.384. The number of nitro benzene ring substituents is 1. The van der Waals surface area contributed by atoms with Crippen LogP contribution >= 0.6 is 23.2 Å². The molecule has 140 valence electrons. The Morgan fingerprint density at radius 2 is 1.85 bits per heavy atom. The highest BCUT2D eigenvalue weighted by atomic mass is 35.5. The average Bonchev–Trinajstić information content (AvgIpc) is 2.61. The maximum Gasteiger partial charge on any atom is 0.271 e. The lowest BCUT2D eigenvalue weighted by Gasteiger charge is -2.13. The van der Waals surface area contributed by atoms with Crippen LogP contribution in [-0.2, 0) is 6.54 Å². The number of nitro groups is 1. The molecule has 0 aliphatic heterocycles. The van der Waals surface area contributed by atoms with Gasteiger partial charge in [0.2, 0.25) is 0 Å². The summed E-state index contributed by atoms with van der Waals surface area (Å²) < 4.78 is 10.5. The first-order valence-corrected chi connectivity index (χ1v) is 8.50. The highest BCUT2D eigenvalue weighted by Crippen LogP contribution is 2.35. The maximum atomic E-state index is 10.7. The van der Waals surface area contributed by atoms with Crippen molar-refractivity contribution in [1.82, 2.24) is 5.32 Å². The fourth-order valence-corrected chi connectivity index (χ4v) is 2.90. The minimum atomic E-state index is -0.481. The second-order valence-corrected chi connectivity index (χ2v) is 6.15. The van der Waals surface area contributed by atoms with E-state index in [0.717, 1.165) is 5.56 Å². The molecule has 0 unspecified atom stereocenters. The van der Waals surface area contributed by atoms with Crippen LogP contribution in [0.2, 0.25) is 10.0 Å². The van der Waals surface area contributed by atoms with Crippen LogP contribution < -0.4 is 20.1 Å². The molecular weight excluding hydrogens is 381 g/mol. The normalized spacial score (nSPS) is 10.5. The molecule has 7 nitrogen and oxygen atoms in total. The summed E-state index contributed by atoms with van der Waals surface area (Å²) in [5.74, 6) is 1.08. The van der Waals surface area contributed by atoms with Crippen molar-refractivity contribution in [3.63, 3.8) is 0 Å². The summed E-state index contributed by atoms with van der Waals surface area (Å²) >= 11 is 12.2. The van der Waals surface area contributed by atoms with E-state index in [9.17, 15) is 10.1 Å². The largest absolute Gasteiger partial charge is 0.493 e. The van der Waals surface area contributed by atoms with Gasteiger partial charge in [-0.2, -0.15) is 0 Å². The Morgan fingerprint density at radius 3 is 2.46 bits per heavy atom. The Labute approximate surface area is 161 Å². The first kappa shape index (κ1) is 20.1. The summed E-state index contributed by atoms with van der Waals surface area (Å²) in [6, 6.07) is 8.00. The second-order valence-electron chi connectivity index (χ2n) is 5.34. The summed E-state index contributed by atoms with van der Waals surface area (Å²) in [5, 5.41) is 17.9. The molecule has 0 aromatic heterocycles. The number of nitrogens with one attached hydrogen (secondary N) is 2. The number of halogens is 2. The van der Waals surface area contributed by atoms with Crippen LogP contribution in [0.15, 0.2) is 30.3 Å². The number of hydrogen-bond acceptors (Lipinski definition) is 6. The number of nitrogens with zero attached hydrogens (tertiary/aromatic N) is 1. The number of non-ortho nitro benzene ring substituents is 1. The lowest BCUT2D eigenvalue weighted by Crippen LogP contribution is -2.22. The topological polar surface area (TPSA) is 85.7 Å². The SMILES string of the molecule is COc1cc(CNCCNc2ccc([N+](=O)[O-])cc2Cl)cc(Cl)c1OC. The molecule has 0 fully saturated rings. The molecule has 0 aliphatic carbocycles. The first-order valence-electron chi connectivity index (χ1n) is 7.75. The van der Waals surface area contributed by atoms with Crippen LogP contribution in [0.1, 0.15) is 5.56 Å². The van der Waals surface area contributed by atoms with Gasteiger partial charge in [-0.15, -0.1) is 0 Å². The van der Waals surface area contributed by atoms with E-state index in [1.807, 2.05) is 12.1 Å². The number of rotatable bonds is 9. The zero-order valence-electron chi connectivity index (χ0n) is 14.3. The Hall–Kier alpha value is -2.22. The molecule has 0 amide bonds. The molecule has 2 N–H and O–H groups in total. The molecule has 0 atom stereocenters. The molecule has 0 aliphatic rings. The van der Waals surface area contributed by atoms with Crippen molar-refractivity contribution < 1.29 is 14.4 Å². The van der Waals surface area contributed by atoms with Gasteiger partial charge in [-0.05, 0) is 23.8 Å². The number of anilines is 1. The predicted octanol–water partition coefficient (Wildman–Crippen LogP) is 4.12. The zero-order valence-corrected chi connectivity index (χ0v) is 15.9. The van der Waals surface area contributed by atoms with Crippen LogP contribution in [0.4, 0.5) is 11.4 Å². The molecule has 0 saturated carbocycles. The van der Waals surface area contributed by atoms with Gasteiger partial charge in [-0.3, -0.25) is 10.1 Å². The van der Waals surface area contributed by atoms with Gasteiger partial charge in [0.15, 0.2) is 11.5 Å². The second kappa shape index (κ2) is 9.47. The van der Waals surface area contributed by atoms with Gasteiger partial charge in [0.05, 0.1) is 34.9 Å². The Kier molecular flexibility index (Phi) is 7.32. The number of hydrogen-bond donors (Lipinski definition) is 2. The van der Waals surface area contributed by atoms with E-state index in [-0.39, 0.29) is 5.69 Å². The van der Waals surface area contributed by atoms with E-state index in [2.05, 4.69) is 10.6 Å². The molecule has 0 saturated heterocycles. The van der Waals surface area contributed by atoms with Crippen molar-refractivity contribution in [3.05, 3.63) is 56.1 Å². The number of benzene rings is 2. The van der Waals surface area contributed by atoms with Crippen molar-refractivity contribution in [2.24, 2.45) is 0 Å². The molecule has 2 aromatic carbocycles. The molecule has 2 rings (SSSR count). The lowest BCUT2D eigenvalue weighted by atomic mass is 10.2. The Morgan fingerprint density at radius 1 is 1.08 bits per heavy atom. The van der Waals surface area contributed by atoms with Crippen molar-refractivity contribution in [2.45, 2.75) is 6.54 Å². The molecule has 0 heterocycles. The zero-order chi connectivity index (χ0) is 19.1. The van der Waals surface area contributed by atoms with Crippen LogP contribution in [0, 0.1) is 10.1 Å². The van der Waals surface area contributed by atoms with Gasteiger partial charge in [0.1, 0.15) is 0 Å². The van der Waals surface area contributed by atoms with E-state index in [0.29, 0.717) is 46.9 Å². The van der Waals surface area contributed by atoms with E-state index in [4.69, 9.17) is 32.7 Å². The molecule has 9 heteroatoms. The van der Waals surface area contributed by atoms with Crippen LogP contribution in [0.5, 0.6) is 11.5 Å². The fourth-order valence-electron chi connectivity index (χ4n) is 2.35. The third-order valence-electron chi connectivity index (χ3n) is 3.60. The minimum absolute atomic E-state index is 0.0380. The van der Waals surface area contributed by atoms with Crippen molar-refractivity contribution in [1.29, 1.82) is 0 Å². The Bertz CT molecular complexity index is 787. The van der Waals surface area contributed by atoms with Crippen LogP contribution in [-0.4, -0.2) is 32.2 Å². The van der Waals surface area contributed by atoms with Crippen molar-refractivity contribution in [2.75, 3.05) is 32.6 Å². The summed E-state index contributed by atoms with van der Waals surface area (Å²) in [6.07, 6.45) is 0. The maximum absolute atomic E-state index is 10.7. The third kappa shape index (κ3) is 5.14. The molecule has 2 aromatic rings. The van der Waals surface area contributed by atoms with E-state index >= 15 is 0 Å². The fraction of sp³-hybridized carbons (Fsp3) is 0.294. The summed E-state index contributed by atoms with van der Waals surface area (Å²) in [7, 11) is 3.10. The van der Waals surface area contributed by atoms with Gasteiger partial charge in [0.25, 0.3) is 5.69 Å². The van der Waals surface area contributed by atoms with Gasteiger partial charge in [-0.25, -0.2) is 0 Å². The highest BCUT2D eigenvalue weighted by Gasteiger charge is 2.11. The van der Waals surface area contributed by atoms with Gasteiger partial charge in [-0.1, -0.05) is 23.2 Å². The molecule has 0 spiro atoms. The van der Waals surface area contributed by atoms with Crippen LogP contribution in [0.25, 0.3) is 0 Å². The average molecular weight is 400 g/mol. The van der Waals surface area contributed by atoms with E-state index in [1.54, 1.807) is 13.2 Å². The van der Waals surface area contributed by atoms with Gasteiger partial charge < -0.3 is 20.1 Å². The quantitative estimate of drug-likeness (QED) is 0.374. The minimum Gasteiger partial charge on any atom is -0.493 e. The van der Waals surface area contributed by atoms with Crippen molar-refractivity contribution in [3.8, 4) is 11.5 Å². The standard InChI is InChI=1S/C17H19Cl2N3O4/c1-25-16-8-11(7-14(19)17(16)26-2)10-20-5-6-21-15-4-3-12(22(23)24)9-13(15)18/h3-4,7-9,20-21H,5-6,10H2,1-2H3. The number of methoxy groups -OCH3 is 2. The van der Waals surface area contributed by atoms with Gasteiger partial charge in [0, 0.05) is 31.8 Å². The van der Waals surface area contributed by atoms with Crippen LogP contribution in [0.3, 0.4) is 0 Å². The third-order valence-corrected chi connectivity index (χ3v) is 4.20. The summed E-state index contributed by atoms with van der Waals surface area (Å²) in [5.41, 5.74) is 1.57. The monoisotopic (exact) mass is 399 g/mol. The van der Waals surface area contributed by atoms with E-state index in [1.165, 1.54) is 19.2 Å².